The molecule has 2 aromatic rings. The monoisotopic (exact) mass is 317 g/mol. The van der Waals surface area contributed by atoms with Crippen LogP contribution in [0.1, 0.15) is 36.8 Å². The van der Waals surface area contributed by atoms with Crippen molar-refractivity contribution in [2.24, 2.45) is 0 Å². The van der Waals surface area contributed by atoms with E-state index in [0.29, 0.717) is 18.4 Å². The van der Waals surface area contributed by atoms with Crippen molar-refractivity contribution in [1.29, 1.82) is 0 Å². The van der Waals surface area contributed by atoms with Gasteiger partial charge in [-0.15, -0.1) is 0 Å². The molecule has 1 aliphatic rings. The van der Waals surface area contributed by atoms with E-state index >= 15 is 0 Å². The fourth-order valence-corrected chi connectivity index (χ4v) is 3.83. The number of thiophene rings is 1. The maximum atomic E-state index is 12.6. The molecule has 2 aromatic heterocycles. The van der Waals surface area contributed by atoms with Crippen molar-refractivity contribution in [3.63, 3.8) is 0 Å². The van der Waals surface area contributed by atoms with Gasteiger partial charge in [0, 0.05) is 19.2 Å². The third kappa shape index (κ3) is 3.77. The molecule has 1 fully saturated rings. The smallest absolute Gasteiger partial charge is 0.223 e. The third-order valence-electron chi connectivity index (χ3n) is 4.32. The highest BCUT2D eigenvalue weighted by Crippen LogP contribution is 2.20. The fourth-order valence-electron chi connectivity index (χ4n) is 3.13. The van der Waals surface area contributed by atoms with E-state index in [0.717, 1.165) is 32.4 Å². The molecule has 1 atom stereocenters. The van der Waals surface area contributed by atoms with E-state index in [2.05, 4.69) is 33.0 Å². The minimum absolute atomic E-state index is 0.291. The van der Waals surface area contributed by atoms with Gasteiger partial charge in [0.15, 0.2) is 0 Å². The second-order valence-electron chi connectivity index (χ2n) is 6.11. The topological polar surface area (TPSA) is 38.1 Å². The van der Waals surface area contributed by atoms with Gasteiger partial charge in [0.1, 0.15) is 0 Å². The highest BCUT2D eigenvalue weighted by atomic mass is 32.1. The van der Waals surface area contributed by atoms with Gasteiger partial charge in [-0.1, -0.05) is 0 Å². The SMILES string of the molecule is Cc1cnn(C[C@H]2CCCCN2C(=O)CCc2ccsc2)c1. The lowest BCUT2D eigenvalue weighted by Gasteiger charge is -2.36. The zero-order valence-electron chi connectivity index (χ0n) is 13.1. The predicted octanol–water partition coefficient (Wildman–Crippen LogP) is 3.27. The summed E-state index contributed by atoms with van der Waals surface area (Å²) in [5.74, 6) is 0.291. The summed E-state index contributed by atoms with van der Waals surface area (Å²) in [7, 11) is 0. The zero-order chi connectivity index (χ0) is 15.4. The van der Waals surface area contributed by atoms with Crippen molar-refractivity contribution in [2.45, 2.75) is 51.6 Å². The standard InChI is InChI=1S/C17H23N3OS/c1-14-10-18-19(11-14)12-16-4-2-3-8-20(16)17(21)6-5-15-7-9-22-13-15/h7,9-11,13,16H,2-6,8,12H2,1H3/t16-/m1/s1. The molecule has 1 saturated heterocycles. The Morgan fingerprint density at radius 1 is 1.45 bits per heavy atom. The number of carbonyl (C=O) groups excluding carboxylic acids is 1. The molecule has 0 aliphatic carbocycles. The van der Waals surface area contributed by atoms with Gasteiger partial charge in [-0.05, 0) is 60.6 Å². The molecule has 0 saturated carbocycles. The first-order valence-corrected chi connectivity index (χ1v) is 8.96. The Bertz CT molecular complexity index is 605. The van der Waals surface area contributed by atoms with Gasteiger partial charge in [0.25, 0.3) is 0 Å². The van der Waals surface area contributed by atoms with E-state index in [1.54, 1.807) is 11.3 Å². The average Bonchev–Trinajstić information content (AvgIpc) is 3.17. The number of rotatable bonds is 5. The Morgan fingerprint density at radius 2 is 2.36 bits per heavy atom. The first-order valence-electron chi connectivity index (χ1n) is 8.02. The summed E-state index contributed by atoms with van der Waals surface area (Å²) in [5.41, 5.74) is 2.45. The first-order chi connectivity index (χ1) is 10.7. The molecular formula is C17H23N3OS. The average molecular weight is 317 g/mol. The van der Waals surface area contributed by atoms with Gasteiger partial charge in [-0.25, -0.2) is 0 Å². The molecule has 0 bridgehead atoms. The van der Waals surface area contributed by atoms with E-state index in [-0.39, 0.29) is 0 Å². The van der Waals surface area contributed by atoms with Crippen molar-refractivity contribution in [3.05, 3.63) is 40.3 Å². The van der Waals surface area contributed by atoms with Crippen molar-refractivity contribution in [2.75, 3.05) is 6.54 Å². The van der Waals surface area contributed by atoms with Gasteiger partial charge in [0.2, 0.25) is 5.91 Å². The molecule has 5 heteroatoms. The number of nitrogens with zero attached hydrogens (tertiary/aromatic N) is 3. The number of aryl methyl sites for hydroxylation is 2. The van der Waals surface area contributed by atoms with E-state index in [4.69, 9.17) is 0 Å². The van der Waals surface area contributed by atoms with Crippen LogP contribution in [0.2, 0.25) is 0 Å². The highest BCUT2D eigenvalue weighted by molar-refractivity contribution is 7.07. The second kappa shape index (κ2) is 7.09. The number of piperidine rings is 1. The summed E-state index contributed by atoms with van der Waals surface area (Å²) < 4.78 is 1.98. The summed E-state index contributed by atoms with van der Waals surface area (Å²) in [4.78, 5) is 14.7. The van der Waals surface area contributed by atoms with Crippen LogP contribution < -0.4 is 0 Å². The zero-order valence-corrected chi connectivity index (χ0v) is 13.9. The summed E-state index contributed by atoms with van der Waals surface area (Å²) >= 11 is 1.69. The van der Waals surface area contributed by atoms with Crippen LogP contribution in [-0.4, -0.2) is 33.2 Å². The van der Waals surface area contributed by atoms with Gasteiger partial charge < -0.3 is 4.90 Å². The van der Waals surface area contributed by atoms with Crippen molar-refractivity contribution in [3.8, 4) is 0 Å². The highest BCUT2D eigenvalue weighted by Gasteiger charge is 2.26. The van der Waals surface area contributed by atoms with Gasteiger partial charge in [0.05, 0.1) is 18.8 Å². The molecule has 3 heterocycles. The minimum Gasteiger partial charge on any atom is -0.338 e. The Balaban J connectivity index is 1.60. The molecule has 1 amide bonds. The van der Waals surface area contributed by atoms with E-state index in [9.17, 15) is 4.79 Å². The normalized spacial score (nSPS) is 18.6. The molecule has 0 N–H and O–H groups in total. The minimum atomic E-state index is 0.291. The number of carbonyl (C=O) groups is 1. The summed E-state index contributed by atoms with van der Waals surface area (Å²) in [6, 6.07) is 2.40. The van der Waals surface area contributed by atoms with Crippen LogP contribution >= 0.6 is 11.3 Å². The molecule has 4 nitrogen and oxygen atoms in total. The van der Waals surface area contributed by atoms with Crippen LogP contribution in [-0.2, 0) is 17.8 Å². The maximum absolute atomic E-state index is 12.6. The molecule has 0 unspecified atom stereocenters. The Labute approximate surface area is 135 Å². The number of likely N-dealkylation sites (tertiary alicyclic amines) is 1. The first kappa shape index (κ1) is 15.3. The van der Waals surface area contributed by atoms with Crippen LogP contribution in [0, 0.1) is 6.92 Å². The lowest BCUT2D eigenvalue weighted by atomic mass is 10.0. The number of hydrogen-bond acceptors (Lipinski definition) is 3. The van der Waals surface area contributed by atoms with Crippen LogP contribution in [0.3, 0.4) is 0 Å². The van der Waals surface area contributed by atoms with E-state index in [1.807, 2.05) is 17.8 Å². The third-order valence-corrected chi connectivity index (χ3v) is 5.05. The van der Waals surface area contributed by atoms with E-state index < -0.39 is 0 Å². The van der Waals surface area contributed by atoms with Crippen LogP contribution in [0.5, 0.6) is 0 Å². The quantitative estimate of drug-likeness (QED) is 0.849. The molecule has 0 radical (unpaired) electrons. The lowest BCUT2D eigenvalue weighted by molar-refractivity contribution is -0.135. The predicted molar refractivity (Wildman–Crippen MR) is 89.0 cm³/mol. The number of aromatic nitrogens is 2. The molecule has 0 aromatic carbocycles. The number of amides is 1. The van der Waals surface area contributed by atoms with Crippen LogP contribution in [0.4, 0.5) is 0 Å². The largest absolute Gasteiger partial charge is 0.338 e. The second-order valence-corrected chi connectivity index (χ2v) is 6.89. The summed E-state index contributed by atoms with van der Waals surface area (Å²) in [6.45, 7) is 3.76. The summed E-state index contributed by atoms with van der Waals surface area (Å²) in [5, 5.41) is 8.58. The van der Waals surface area contributed by atoms with Crippen LogP contribution in [0.15, 0.2) is 29.2 Å². The maximum Gasteiger partial charge on any atom is 0.223 e. The van der Waals surface area contributed by atoms with E-state index in [1.165, 1.54) is 17.5 Å². The molecule has 3 rings (SSSR count). The van der Waals surface area contributed by atoms with Crippen molar-refractivity contribution >= 4 is 17.2 Å². The summed E-state index contributed by atoms with van der Waals surface area (Å²) in [6.07, 6.45) is 8.83. The molecule has 22 heavy (non-hydrogen) atoms. The van der Waals surface area contributed by atoms with Crippen molar-refractivity contribution in [1.82, 2.24) is 14.7 Å². The Hall–Kier alpha value is -1.62. The Kier molecular flexibility index (Phi) is 4.93. The Morgan fingerprint density at radius 3 is 3.09 bits per heavy atom. The van der Waals surface area contributed by atoms with Crippen molar-refractivity contribution < 1.29 is 4.79 Å². The van der Waals surface area contributed by atoms with Gasteiger partial charge in [-0.2, -0.15) is 16.4 Å². The van der Waals surface area contributed by atoms with Crippen LogP contribution in [0.25, 0.3) is 0 Å². The van der Waals surface area contributed by atoms with Gasteiger partial charge in [-0.3, -0.25) is 9.48 Å². The molecule has 1 aliphatic heterocycles. The number of hydrogen-bond donors (Lipinski definition) is 0. The lowest BCUT2D eigenvalue weighted by Crippen LogP contribution is -2.46. The molecule has 118 valence electrons. The molecule has 0 spiro atoms. The fraction of sp³-hybridized carbons (Fsp3) is 0.529. The van der Waals surface area contributed by atoms with Gasteiger partial charge >= 0.3 is 0 Å². The molecular weight excluding hydrogens is 294 g/mol.